The van der Waals surface area contributed by atoms with Gasteiger partial charge in [0.2, 0.25) is 0 Å². The minimum atomic E-state index is -0.464. The van der Waals surface area contributed by atoms with Crippen molar-refractivity contribution in [1.29, 1.82) is 0 Å². The van der Waals surface area contributed by atoms with Crippen molar-refractivity contribution < 1.29 is 14.3 Å². The Labute approximate surface area is 190 Å². The van der Waals surface area contributed by atoms with E-state index in [2.05, 4.69) is 26.1 Å². The van der Waals surface area contributed by atoms with Crippen LogP contribution in [-0.2, 0) is 4.74 Å². The van der Waals surface area contributed by atoms with Crippen molar-refractivity contribution in [2.75, 3.05) is 23.1 Å². The second-order valence-corrected chi connectivity index (χ2v) is 6.98. The number of nitrogens with zero attached hydrogens (tertiary/aromatic N) is 2. The molecule has 0 spiro atoms. The Bertz CT molecular complexity index is 1320. The molecule has 0 unspecified atom stereocenters. The van der Waals surface area contributed by atoms with E-state index >= 15 is 0 Å². The monoisotopic (exact) mass is 442 g/mol. The summed E-state index contributed by atoms with van der Waals surface area (Å²) in [5.74, 6) is -0.334. The van der Waals surface area contributed by atoms with Crippen LogP contribution in [0.4, 0.5) is 23.0 Å². The SMILES string of the molecule is CCOC(=O)c1ccccc1Nc1ncnc(NNC(=O)c2cccc3ccccc23)c1N. The summed E-state index contributed by atoms with van der Waals surface area (Å²) < 4.78 is 5.09. The first-order valence-electron chi connectivity index (χ1n) is 10.3. The van der Waals surface area contributed by atoms with Crippen molar-refractivity contribution in [2.45, 2.75) is 6.92 Å². The molecule has 9 heteroatoms. The molecule has 4 rings (SSSR count). The summed E-state index contributed by atoms with van der Waals surface area (Å²) in [6.45, 7) is 1.99. The average molecular weight is 442 g/mol. The van der Waals surface area contributed by atoms with Crippen LogP contribution in [0.3, 0.4) is 0 Å². The van der Waals surface area contributed by atoms with Crippen molar-refractivity contribution in [1.82, 2.24) is 15.4 Å². The van der Waals surface area contributed by atoms with E-state index in [0.717, 1.165) is 10.8 Å². The van der Waals surface area contributed by atoms with E-state index in [1.165, 1.54) is 6.33 Å². The molecule has 33 heavy (non-hydrogen) atoms. The number of hydrogen-bond acceptors (Lipinski definition) is 8. The summed E-state index contributed by atoms with van der Waals surface area (Å²) >= 11 is 0. The highest BCUT2D eigenvalue weighted by atomic mass is 16.5. The predicted octanol–water partition coefficient (Wildman–Crippen LogP) is 3.89. The van der Waals surface area contributed by atoms with Crippen LogP contribution >= 0.6 is 0 Å². The van der Waals surface area contributed by atoms with Gasteiger partial charge >= 0.3 is 5.97 Å². The molecule has 0 aliphatic carbocycles. The quantitative estimate of drug-likeness (QED) is 0.250. The third-order valence-electron chi connectivity index (χ3n) is 4.89. The molecule has 3 aromatic carbocycles. The number of rotatable bonds is 7. The highest BCUT2D eigenvalue weighted by molar-refractivity contribution is 6.07. The summed E-state index contributed by atoms with van der Waals surface area (Å²) in [6.07, 6.45) is 1.29. The Hall–Kier alpha value is -4.66. The van der Waals surface area contributed by atoms with Gasteiger partial charge in [-0.15, -0.1) is 0 Å². The van der Waals surface area contributed by atoms with Crippen LogP contribution in [0, 0.1) is 0 Å². The van der Waals surface area contributed by atoms with E-state index in [1.54, 1.807) is 37.3 Å². The molecule has 1 amide bonds. The first-order valence-corrected chi connectivity index (χ1v) is 10.3. The van der Waals surface area contributed by atoms with Gasteiger partial charge in [-0.05, 0) is 35.9 Å². The maximum absolute atomic E-state index is 12.8. The van der Waals surface area contributed by atoms with Crippen LogP contribution < -0.4 is 21.9 Å². The van der Waals surface area contributed by atoms with Gasteiger partial charge < -0.3 is 15.8 Å². The number of esters is 1. The van der Waals surface area contributed by atoms with E-state index < -0.39 is 5.97 Å². The van der Waals surface area contributed by atoms with Crippen LogP contribution in [0.1, 0.15) is 27.6 Å². The van der Waals surface area contributed by atoms with Gasteiger partial charge in [-0.3, -0.25) is 15.6 Å². The minimum absolute atomic E-state index is 0.161. The third kappa shape index (κ3) is 4.67. The minimum Gasteiger partial charge on any atom is -0.462 e. The molecule has 5 N–H and O–H groups in total. The first kappa shape index (κ1) is 21.6. The summed E-state index contributed by atoms with van der Waals surface area (Å²) in [5.41, 5.74) is 13.1. The molecule has 4 aromatic rings. The van der Waals surface area contributed by atoms with Crippen molar-refractivity contribution in [3.63, 3.8) is 0 Å². The van der Waals surface area contributed by atoms with Crippen LogP contribution in [-0.4, -0.2) is 28.5 Å². The Balaban J connectivity index is 1.53. The number of benzene rings is 3. The van der Waals surface area contributed by atoms with E-state index in [0.29, 0.717) is 16.8 Å². The van der Waals surface area contributed by atoms with E-state index in [9.17, 15) is 9.59 Å². The van der Waals surface area contributed by atoms with Crippen LogP contribution in [0.15, 0.2) is 73.1 Å². The topological polar surface area (TPSA) is 131 Å². The number of carbonyl (C=O) groups is 2. The number of aromatic nitrogens is 2. The number of anilines is 4. The second kappa shape index (κ2) is 9.65. The van der Waals surface area contributed by atoms with Gasteiger partial charge in [0, 0.05) is 5.56 Å². The molecule has 0 aliphatic heterocycles. The lowest BCUT2D eigenvalue weighted by molar-refractivity contribution is 0.0527. The van der Waals surface area contributed by atoms with Crippen LogP contribution in [0.2, 0.25) is 0 Å². The van der Waals surface area contributed by atoms with Crippen molar-refractivity contribution in [2.24, 2.45) is 0 Å². The normalized spacial score (nSPS) is 10.5. The van der Waals surface area contributed by atoms with Crippen molar-refractivity contribution >= 4 is 45.7 Å². The zero-order chi connectivity index (χ0) is 23.2. The number of fused-ring (bicyclic) bond motifs is 1. The standard InChI is InChI=1S/C24H22N6O3/c1-2-33-24(32)18-11-5-6-13-19(18)28-21-20(25)22(27-14-26-21)29-30-23(31)17-12-7-9-15-8-3-4-10-16(15)17/h3-14H,2,25H2,1H3,(H,30,31)(H2,26,27,28,29). The van der Waals surface area contributed by atoms with Gasteiger partial charge in [0.1, 0.15) is 12.0 Å². The Kier molecular flexibility index (Phi) is 6.31. The molecule has 1 heterocycles. The average Bonchev–Trinajstić information content (AvgIpc) is 2.84. The number of nitrogens with one attached hydrogen (secondary N) is 3. The number of hydrogen-bond donors (Lipinski definition) is 4. The Morgan fingerprint density at radius 2 is 1.61 bits per heavy atom. The highest BCUT2D eigenvalue weighted by Gasteiger charge is 2.16. The molecular weight excluding hydrogens is 420 g/mol. The van der Waals surface area contributed by atoms with Gasteiger partial charge in [0.05, 0.1) is 17.9 Å². The molecule has 0 saturated carbocycles. The lowest BCUT2D eigenvalue weighted by atomic mass is 10.0. The lowest BCUT2D eigenvalue weighted by Crippen LogP contribution is -2.30. The molecule has 0 fully saturated rings. The third-order valence-corrected chi connectivity index (χ3v) is 4.89. The molecule has 0 bridgehead atoms. The number of ether oxygens (including phenoxy) is 1. The number of para-hydroxylation sites is 1. The fourth-order valence-electron chi connectivity index (χ4n) is 3.31. The van der Waals surface area contributed by atoms with Crippen LogP contribution in [0.25, 0.3) is 10.8 Å². The van der Waals surface area contributed by atoms with Crippen molar-refractivity contribution in [3.8, 4) is 0 Å². The summed E-state index contributed by atoms with van der Waals surface area (Å²) in [4.78, 5) is 33.3. The molecular formula is C24H22N6O3. The van der Waals surface area contributed by atoms with E-state index in [1.807, 2.05) is 36.4 Å². The van der Waals surface area contributed by atoms with E-state index in [-0.39, 0.29) is 29.8 Å². The first-order chi connectivity index (χ1) is 16.1. The van der Waals surface area contributed by atoms with Gasteiger partial charge in [0.25, 0.3) is 5.91 Å². The van der Waals surface area contributed by atoms with Crippen molar-refractivity contribution in [3.05, 3.63) is 84.2 Å². The fourth-order valence-corrected chi connectivity index (χ4v) is 3.31. The maximum Gasteiger partial charge on any atom is 0.340 e. The molecule has 1 aromatic heterocycles. The summed E-state index contributed by atoms with van der Waals surface area (Å²) in [6, 6.07) is 20.0. The zero-order valence-corrected chi connectivity index (χ0v) is 17.8. The number of amides is 1. The lowest BCUT2D eigenvalue weighted by Gasteiger charge is -2.15. The summed E-state index contributed by atoms with van der Waals surface area (Å²) in [5, 5.41) is 4.82. The number of nitrogens with two attached hydrogens (primary N) is 1. The second-order valence-electron chi connectivity index (χ2n) is 6.98. The smallest absolute Gasteiger partial charge is 0.340 e. The van der Waals surface area contributed by atoms with Gasteiger partial charge in [-0.2, -0.15) is 0 Å². The summed E-state index contributed by atoms with van der Waals surface area (Å²) in [7, 11) is 0. The molecule has 0 radical (unpaired) electrons. The Morgan fingerprint density at radius 1 is 0.909 bits per heavy atom. The molecule has 0 aliphatic rings. The largest absolute Gasteiger partial charge is 0.462 e. The zero-order valence-electron chi connectivity index (χ0n) is 17.8. The molecule has 0 saturated heterocycles. The van der Waals surface area contributed by atoms with Crippen LogP contribution in [0.5, 0.6) is 0 Å². The van der Waals surface area contributed by atoms with Gasteiger partial charge in [0.15, 0.2) is 11.6 Å². The Morgan fingerprint density at radius 3 is 2.45 bits per heavy atom. The fraction of sp³-hybridized carbons (Fsp3) is 0.0833. The van der Waals surface area contributed by atoms with E-state index in [4.69, 9.17) is 10.5 Å². The number of carbonyl (C=O) groups excluding carboxylic acids is 2. The van der Waals surface area contributed by atoms with Gasteiger partial charge in [-0.25, -0.2) is 14.8 Å². The highest BCUT2D eigenvalue weighted by Crippen LogP contribution is 2.27. The molecule has 9 nitrogen and oxygen atoms in total. The maximum atomic E-state index is 12.8. The molecule has 0 atom stereocenters. The molecule has 166 valence electrons. The predicted molar refractivity (Wildman–Crippen MR) is 127 cm³/mol. The van der Waals surface area contributed by atoms with Gasteiger partial charge in [-0.1, -0.05) is 48.5 Å². The number of hydrazine groups is 1. The number of nitrogen functional groups attached to an aromatic ring is 1.